The number of methoxy groups -OCH3 is 1. The van der Waals surface area contributed by atoms with Crippen molar-refractivity contribution in [3.63, 3.8) is 0 Å². The normalized spacial score (nSPS) is 16.2. The maximum Gasteiger partial charge on any atom is 0.341 e. The molecular weight excluding hydrogens is 396 g/mol. The molecule has 0 saturated heterocycles. The van der Waals surface area contributed by atoms with Gasteiger partial charge in [-0.1, -0.05) is 20.8 Å². The SMILES string of the molecule is COC(=O)c1c(NC(=O)Cn2cc([N+](=O)[O-])cn2)sc2c1CCC(C(C)(C)C)C2. The van der Waals surface area contributed by atoms with Gasteiger partial charge < -0.3 is 10.1 Å². The first-order chi connectivity index (χ1) is 13.6. The van der Waals surface area contributed by atoms with Crippen molar-refractivity contribution in [3.8, 4) is 0 Å². The number of hydrogen-bond acceptors (Lipinski definition) is 7. The van der Waals surface area contributed by atoms with Gasteiger partial charge in [-0.05, 0) is 36.2 Å². The van der Waals surface area contributed by atoms with Crippen molar-refractivity contribution in [2.24, 2.45) is 11.3 Å². The lowest BCUT2D eigenvalue weighted by molar-refractivity contribution is -0.385. The van der Waals surface area contributed by atoms with Crippen LogP contribution in [0.4, 0.5) is 10.7 Å². The van der Waals surface area contributed by atoms with Crippen LogP contribution in [0.15, 0.2) is 12.4 Å². The Morgan fingerprint density at radius 1 is 1.45 bits per heavy atom. The standard InChI is InChI=1S/C19H24N4O5S/c1-19(2,3)11-5-6-13-14(7-11)29-17(16(13)18(25)28-4)21-15(24)10-22-9-12(8-20-22)23(26)27/h8-9,11H,5-7,10H2,1-4H3,(H,21,24). The molecule has 0 saturated carbocycles. The van der Waals surface area contributed by atoms with Gasteiger partial charge in [-0.15, -0.1) is 11.3 Å². The minimum atomic E-state index is -0.574. The van der Waals surface area contributed by atoms with E-state index in [1.165, 1.54) is 29.3 Å². The van der Waals surface area contributed by atoms with E-state index in [9.17, 15) is 19.7 Å². The van der Waals surface area contributed by atoms with E-state index in [1.54, 1.807) is 0 Å². The zero-order chi connectivity index (χ0) is 21.3. The van der Waals surface area contributed by atoms with Gasteiger partial charge in [-0.3, -0.25) is 19.6 Å². The molecule has 3 rings (SSSR count). The molecule has 1 aliphatic rings. The van der Waals surface area contributed by atoms with Crippen LogP contribution in [0.5, 0.6) is 0 Å². The molecule has 2 aromatic rings. The van der Waals surface area contributed by atoms with E-state index in [0.717, 1.165) is 35.9 Å². The van der Waals surface area contributed by atoms with Crippen molar-refractivity contribution in [2.75, 3.05) is 12.4 Å². The van der Waals surface area contributed by atoms with Gasteiger partial charge in [0.05, 0.1) is 17.6 Å². The van der Waals surface area contributed by atoms with Crippen LogP contribution in [0.1, 0.15) is 48.0 Å². The number of nitrogens with zero attached hydrogens (tertiary/aromatic N) is 3. The quantitative estimate of drug-likeness (QED) is 0.450. The number of esters is 1. The molecule has 2 heterocycles. The molecule has 9 nitrogen and oxygen atoms in total. The van der Waals surface area contributed by atoms with Gasteiger partial charge in [0.2, 0.25) is 5.91 Å². The Bertz CT molecular complexity index is 956. The molecule has 1 aliphatic carbocycles. The Morgan fingerprint density at radius 3 is 2.76 bits per heavy atom. The number of nitro groups is 1. The number of thiophene rings is 1. The van der Waals surface area contributed by atoms with Crippen molar-refractivity contribution in [3.05, 3.63) is 38.5 Å². The number of fused-ring (bicyclic) bond motifs is 1. The Hall–Kier alpha value is -2.75. The zero-order valence-electron chi connectivity index (χ0n) is 16.9. The van der Waals surface area contributed by atoms with Crippen LogP contribution in [-0.2, 0) is 28.9 Å². The summed E-state index contributed by atoms with van der Waals surface area (Å²) in [6.45, 7) is 6.44. The number of ether oxygens (including phenoxy) is 1. The summed E-state index contributed by atoms with van der Waals surface area (Å²) in [5.74, 6) is -0.395. The van der Waals surface area contributed by atoms with Crippen LogP contribution in [0.3, 0.4) is 0 Å². The molecule has 2 aromatic heterocycles. The van der Waals surface area contributed by atoms with E-state index < -0.39 is 16.8 Å². The molecule has 0 fully saturated rings. The van der Waals surface area contributed by atoms with Crippen LogP contribution < -0.4 is 5.32 Å². The second-order valence-electron chi connectivity index (χ2n) is 8.21. The van der Waals surface area contributed by atoms with E-state index in [1.807, 2.05) is 0 Å². The summed E-state index contributed by atoms with van der Waals surface area (Å²) >= 11 is 1.40. The fourth-order valence-corrected chi connectivity index (χ4v) is 4.91. The van der Waals surface area contributed by atoms with Gasteiger partial charge in [0.25, 0.3) is 0 Å². The van der Waals surface area contributed by atoms with Crippen LogP contribution >= 0.6 is 11.3 Å². The number of aromatic nitrogens is 2. The lowest BCUT2D eigenvalue weighted by atomic mass is 9.72. The van der Waals surface area contributed by atoms with Crippen LogP contribution in [-0.4, -0.2) is 33.7 Å². The molecule has 0 radical (unpaired) electrons. The smallest absolute Gasteiger partial charge is 0.341 e. The Kier molecular flexibility index (Phi) is 5.74. The Morgan fingerprint density at radius 2 is 2.17 bits per heavy atom. The van der Waals surface area contributed by atoms with E-state index in [4.69, 9.17) is 4.74 Å². The number of amides is 1. The number of carbonyl (C=O) groups excluding carboxylic acids is 2. The summed E-state index contributed by atoms with van der Waals surface area (Å²) in [6, 6.07) is 0. The van der Waals surface area contributed by atoms with Crippen LogP contribution in [0.25, 0.3) is 0 Å². The number of anilines is 1. The Labute approximate surface area is 172 Å². The summed E-state index contributed by atoms with van der Waals surface area (Å²) in [4.78, 5) is 36.2. The summed E-state index contributed by atoms with van der Waals surface area (Å²) in [5.41, 5.74) is 1.34. The number of hydrogen-bond donors (Lipinski definition) is 1. The molecule has 156 valence electrons. The average Bonchev–Trinajstić information content (AvgIpc) is 3.23. The maximum atomic E-state index is 12.5. The van der Waals surface area contributed by atoms with Crippen LogP contribution in [0.2, 0.25) is 0 Å². The van der Waals surface area contributed by atoms with Gasteiger partial charge in [0, 0.05) is 4.88 Å². The summed E-state index contributed by atoms with van der Waals surface area (Å²) in [5, 5.41) is 17.8. The molecule has 0 spiro atoms. The van der Waals surface area contributed by atoms with E-state index in [2.05, 4.69) is 31.2 Å². The zero-order valence-corrected chi connectivity index (χ0v) is 17.7. The third-order valence-corrected chi connectivity index (χ3v) is 6.44. The van der Waals surface area contributed by atoms with Crippen LogP contribution in [0, 0.1) is 21.4 Å². The van der Waals surface area contributed by atoms with Gasteiger partial charge in [-0.25, -0.2) is 4.79 Å². The monoisotopic (exact) mass is 420 g/mol. The molecule has 10 heteroatoms. The minimum Gasteiger partial charge on any atom is -0.465 e. The maximum absolute atomic E-state index is 12.5. The predicted octanol–water partition coefficient (Wildman–Crippen LogP) is 3.43. The molecule has 1 N–H and O–H groups in total. The van der Waals surface area contributed by atoms with E-state index >= 15 is 0 Å². The molecule has 0 bridgehead atoms. The first-order valence-corrected chi connectivity index (χ1v) is 10.1. The highest BCUT2D eigenvalue weighted by molar-refractivity contribution is 7.17. The third-order valence-electron chi connectivity index (χ3n) is 5.27. The third kappa shape index (κ3) is 4.47. The van der Waals surface area contributed by atoms with Crippen molar-refractivity contribution < 1.29 is 19.2 Å². The molecule has 0 aliphatic heterocycles. The second-order valence-corrected chi connectivity index (χ2v) is 9.31. The fraction of sp³-hybridized carbons (Fsp3) is 0.526. The molecular formula is C19H24N4O5S. The van der Waals surface area contributed by atoms with Crippen molar-refractivity contribution in [1.29, 1.82) is 0 Å². The molecule has 1 amide bonds. The largest absolute Gasteiger partial charge is 0.465 e. The highest BCUT2D eigenvalue weighted by Gasteiger charge is 2.34. The first-order valence-electron chi connectivity index (χ1n) is 9.29. The van der Waals surface area contributed by atoms with Crippen molar-refractivity contribution >= 4 is 33.9 Å². The molecule has 29 heavy (non-hydrogen) atoms. The fourth-order valence-electron chi connectivity index (χ4n) is 3.58. The first kappa shape index (κ1) is 21.0. The summed E-state index contributed by atoms with van der Waals surface area (Å²) < 4.78 is 6.14. The van der Waals surface area contributed by atoms with Gasteiger partial charge in [-0.2, -0.15) is 5.10 Å². The number of nitrogens with one attached hydrogen (secondary N) is 1. The van der Waals surface area contributed by atoms with E-state index in [0.29, 0.717) is 16.5 Å². The highest BCUT2D eigenvalue weighted by Crippen LogP contribution is 2.44. The predicted molar refractivity (Wildman–Crippen MR) is 108 cm³/mol. The summed E-state index contributed by atoms with van der Waals surface area (Å²) in [7, 11) is 1.32. The topological polar surface area (TPSA) is 116 Å². The van der Waals surface area contributed by atoms with E-state index in [-0.39, 0.29) is 17.6 Å². The second kappa shape index (κ2) is 7.94. The number of carbonyl (C=O) groups is 2. The van der Waals surface area contributed by atoms with Crippen molar-refractivity contribution in [1.82, 2.24) is 9.78 Å². The van der Waals surface area contributed by atoms with Gasteiger partial charge >= 0.3 is 11.7 Å². The van der Waals surface area contributed by atoms with Gasteiger partial charge in [0.1, 0.15) is 23.9 Å². The number of rotatable bonds is 5. The lowest BCUT2D eigenvalue weighted by Gasteiger charge is -2.33. The lowest BCUT2D eigenvalue weighted by Crippen LogP contribution is -2.26. The van der Waals surface area contributed by atoms with Crippen molar-refractivity contribution in [2.45, 2.75) is 46.6 Å². The highest BCUT2D eigenvalue weighted by atomic mass is 32.1. The minimum absolute atomic E-state index is 0.158. The Balaban J connectivity index is 1.82. The van der Waals surface area contributed by atoms with Gasteiger partial charge in [0.15, 0.2) is 0 Å². The average molecular weight is 420 g/mol. The molecule has 1 atom stereocenters. The molecule has 1 unspecified atom stereocenters. The molecule has 0 aromatic carbocycles. The summed E-state index contributed by atoms with van der Waals surface area (Å²) in [6.07, 6.45) is 4.87.